The number of hydrogen-bond acceptors (Lipinski definition) is 6. The molecule has 1 atom stereocenters. The summed E-state index contributed by atoms with van der Waals surface area (Å²) in [5, 5.41) is 0.765. The van der Waals surface area contributed by atoms with Crippen LogP contribution in [0.25, 0.3) is 10.9 Å². The Morgan fingerprint density at radius 1 is 1.11 bits per heavy atom. The summed E-state index contributed by atoms with van der Waals surface area (Å²) in [6, 6.07) is 12.3. The molecule has 4 heterocycles. The molecule has 0 unspecified atom stereocenters. The molecule has 0 N–H and O–H groups in total. The lowest BCUT2D eigenvalue weighted by atomic mass is 10.0. The summed E-state index contributed by atoms with van der Waals surface area (Å²) >= 11 is 3.43. The highest BCUT2D eigenvalue weighted by Crippen LogP contribution is 2.24. The summed E-state index contributed by atoms with van der Waals surface area (Å²) in [4.78, 5) is 31.5. The van der Waals surface area contributed by atoms with E-state index in [9.17, 15) is 4.79 Å². The molecule has 4 aromatic rings. The van der Waals surface area contributed by atoms with Crippen molar-refractivity contribution in [3.8, 4) is 0 Å². The second-order valence-electron chi connectivity index (χ2n) is 9.27. The van der Waals surface area contributed by atoms with Crippen molar-refractivity contribution in [2.75, 3.05) is 18.0 Å². The van der Waals surface area contributed by atoms with Gasteiger partial charge in [0, 0.05) is 80.7 Å². The van der Waals surface area contributed by atoms with Gasteiger partial charge in [-0.25, -0.2) is 9.97 Å². The number of piperidine rings is 1. The number of pyridine rings is 2. The molecule has 0 aliphatic carbocycles. The van der Waals surface area contributed by atoms with Gasteiger partial charge in [0.2, 0.25) is 5.95 Å². The summed E-state index contributed by atoms with van der Waals surface area (Å²) in [6.07, 6.45) is 9.55. The molecule has 7 nitrogen and oxygen atoms in total. The third-order valence-electron chi connectivity index (χ3n) is 6.69. The van der Waals surface area contributed by atoms with Crippen molar-refractivity contribution >= 4 is 46.3 Å². The van der Waals surface area contributed by atoms with E-state index >= 15 is 0 Å². The molecule has 1 aromatic carbocycles. The van der Waals surface area contributed by atoms with Crippen molar-refractivity contribution in [1.82, 2.24) is 24.4 Å². The third kappa shape index (κ3) is 5.79. The van der Waals surface area contributed by atoms with Crippen LogP contribution in [0.1, 0.15) is 29.7 Å². The Bertz CT molecular complexity index is 1390. The lowest BCUT2D eigenvalue weighted by molar-refractivity contribution is 0.157. The zero-order valence-electron chi connectivity index (χ0n) is 20.6. The van der Waals surface area contributed by atoms with E-state index in [4.69, 9.17) is 0 Å². The summed E-state index contributed by atoms with van der Waals surface area (Å²) in [6.45, 7) is 5.09. The van der Waals surface area contributed by atoms with Gasteiger partial charge >= 0.3 is 0 Å². The Morgan fingerprint density at radius 2 is 1.89 bits per heavy atom. The average Bonchev–Trinajstić information content (AvgIpc) is 2.87. The van der Waals surface area contributed by atoms with E-state index in [-0.39, 0.29) is 25.0 Å². The first-order valence-corrected chi connectivity index (χ1v) is 12.7. The molecule has 36 heavy (non-hydrogen) atoms. The first-order chi connectivity index (χ1) is 17.0. The fraction of sp³-hybridized carbons (Fsp3) is 0.333. The van der Waals surface area contributed by atoms with Crippen molar-refractivity contribution in [3.63, 3.8) is 0 Å². The molecular formula is C27H31BrN6OS. The van der Waals surface area contributed by atoms with Gasteiger partial charge in [-0.15, -0.1) is 0 Å². The van der Waals surface area contributed by atoms with Gasteiger partial charge in [0.05, 0.1) is 9.99 Å². The van der Waals surface area contributed by atoms with Crippen LogP contribution in [0.3, 0.4) is 0 Å². The molecule has 0 spiro atoms. The Hall–Kier alpha value is -2.75. The zero-order chi connectivity index (χ0) is 24.4. The standard InChI is InChI=1S/C27H29BrN6O.H2S/c1-19-12-20(9-10-29-19)15-34(17-21-16-32(2)25-8-4-3-7-24(25)26(21)35)23-6-5-11-33(18-23)27-30-13-22(28)14-31-27;/h3-4,7-10,12-14,16,23H,5-6,11,15,17-18H2,1-2H3;1H2/t23-;/m0./s1. The van der Waals surface area contributed by atoms with Crippen LogP contribution < -0.4 is 10.3 Å². The predicted molar refractivity (Wildman–Crippen MR) is 153 cm³/mol. The highest BCUT2D eigenvalue weighted by atomic mass is 79.9. The number of aryl methyl sites for hydroxylation is 2. The second-order valence-corrected chi connectivity index (χ2v) is 10.2. The van der Waals surface area contributed by atoms with Gasteiger partial charge in [0.1, 0.15) is 0 Å². The van der Waals surface area contributed by atoms with E-state index in [2.05, 4.69) is 57.4 Å². The van der Waals surface area contributed by atoms with Gasteiger partial charge in [0.15, 0.2) is 5.43 Å². The summed E-state index contributed by atoms with van der Waals surface area (Å²) in [7, 11) is 2.01. The van der Waals surface area contributed by atoms with Crippen molar-refractivity contribution in [3.05, 3.63) is 92.7 Å². The van der Waals surface area contributed by atoms with Crippen LogP contribution in [0, 0.1) is 6.92 Å². The molecule has 1 fully saturated rings. The average molecular weight is 568 g/mol. The molecule has 0 saturated carbocycles. The van der Waals surface area contributed by atoms with E-state index in [0.717, 1.165) is 65.1 Å². The Labute approximate surface area is 226 Å². The van der Waals surface area contributed by atoms with Crippen molar-refractivity contribution < 1.29 is 0 Å². The van der Waals surface area contributed by atoms with Gasteiger partial charge < -0.3 is 9.47 Å². The third-order valence-corrected chi connectivity index (χ3v) is 7.10. The largest absolute Gasteiger partial charge is 0.350 e. The van der Waals surface area contributed by atoms with Crippen LogP contribution in [-0.4, -0.2) is 43.6 Å². The Kier molecular flexibility index (Phi) is 8.43. The molecular weight excluding hydrogens is 536 g/mol. The lowest BCUT2D eigenvalue weighted by Crippen LogP contribution is -2.48. The first kappa shape index (κ1) is 26.3. The first-order valence-electron chi connectivity index (χ1n) is 11.9. The molecule has 0 bridgehead atoms. The molecule has 9 heteroatoms. The molecule has 1 aliphatic rings. The maximum Gasteiger partial charge on any atom is 0.225 e. The van der Waals surface area contributed by atoms with E-state index in [1.807, 2.05) is 50.6 Å². The summed E-state index contributed by atoms with van der Waals surface area (Å²) < 4.78 is 2.93. The Morgan fingerprint density at radius 3 is 2.67 bits per heavy atom. The molecule has 0 amide bonds. The molecule has 188 valence electrons. The number of nitrogens with zero attached hydrogens (tertiary/aromatic N) is 6. The number of para-hydroxylation sites is 1. The van der Waals surface area contributed by atoms with Crippen LogP contribution in [0.2, 0.25) is 0 Å². The van der Waals surface area contributed by atoms with Gasteiger partial charge in [0.25, 0.3) is 0 Å². The van der Waals surface area contributed by atoms with Crippen molar-refractivity contribution in [2.24, 2.45) is 7.05 Å². The van der Waals surface area contributed by atoms with Gasteiger partial charge in [-0.1, -0.05) is 12.1 Å². The zero-order valence-corrected chi connectivity index (χ0v) is 23.1. The fourth-order valence-electron chi connectivity index (χ4n) is 4.99. The van der Waals surface area contributed by atoms with Crippen LogP contribution in [0.15, 0.2) is 70.5 Å². The van der Waals surface area contributed by atoms with E-state index in [1.165, 1.54) is 5.56 Å². The number of aromatic nitrogens is 4. The van der Waals surface area contributed by atoms with Crippen LogP contribution in [0.4, 0.5) is 5.95 Å². The maximum atomic E-state index is 13.4. The maximum absolute atomic E-state index is 13.4. The molecule has 0 radical (unpaired) electrons. The number of halogens is 1. The number of fused-ring (bicyclic) bond motifs is 1. The quantitative estimate of drug-likeness (QED) is 0.340. The van der Waals surface area contributed by atoms with Gasteiger partial charge in [-0.2, -0.15) is 13.5 Å². The minimum atomic E-state index is 0. The molecule has 1 aliphatic heterocycles. The van der Waals surface area contributed by atoms with Gasteiger partial charge in [-0.05, 0) is 65.5 Å². The summed E-state index contributed by atoms with van der Waals surface area (Å²) in [5.74, 6) is 0.749. The monoisotopic (exact) mass is 566 g/mol. The minimum Gasteiger partial charge on any atom is -0.350 e. The smallest absolute Gasteiger partial charge is 0.225 e. The Balaban J connectivity index is 0.00000304. The number of rotatable bonds is 6. The minimum absolute atomic E-state index is 0. The molecule has 3 aromatic heterocycles. The lowest BCUT2D eigenvalue weighted by Gasteiger charge is -2.39. The van der Waals surface area contributed by atoms with Crippen LogP contribution in [-0.2, 0) is 20.1 Å². The highest BCUT2D eigenvalue weighted by molar-refractivity contribution is 9.10. The predicted octanol–water partition coefficient (Wildman–Crippen LogP) is 4.58. The topological polar surface area (TPSA) is 67.2 Å². The van der Waals surface area contributed by atoms with E-state index < -0.39 is 0 Å². The molecule has 5 rings (SSSR count). The van der Waals surface area contributed by atoms with E-state index in [0.29, 0.717) is 6.54 Å². The van der Waals surface area contributed by atoms with E-state index in [1.54, 1.807) is 12.4 Å². The number of anilines is 1. The fourth-order valence-corrected chi connectivity index (χ4v) is 5.20. The van der Waals surface area contributed by atoms with Crippen LogP contribution >= 0.6 is 29.4 Å². The summed E-state index contributed by atoms with van der Waals surface area (Å²) in [5.41, 5.74) is 4.08. The van der Waals surface area contributed by atoms with Crippen molar-refractivity contribution in [2.45, 2.75) is 38.9 Å². The van der Waals surface area contributed by atoms with Crippen LogP contribution in [0.5, 0.6) is 0 Å². The SMILES string of the molecule is Cc1cc(CN(Cc2cn(C)c3ccccc3c2=O)[C@H]2CCCN(c3ncc(Br)cn3)C2)ccn1.S. The second kappa shape index (κ2) is 11.5. The highest BCUT2D eigenvalue weighted by Gasteiger charge is 2.28. The number of hydrogen-bond donors (Lipinski definition) is 0. The number of benzene rings is 1. The van der Waals surface area contributed by atoms with Gasteiger partial charge in [-0.3, -0.25) is 14.7 Å². The normalized spacial score (nSPS) is 15.8. The van der Waals surface area contributed by atoms with Crippen molar-refractivity contribution in [1.29, 1.82) is 0 Å². The molecule has 1 saturated heterocycles.